The van der Waals surface area contributed by atoms with Gasteiger partial charge in [0.15, 0.2) is 0 Å². The van der Waals surface area contributed by atoms with Crippen LogP contribution >= 0.6 is 0 Å². The molecule has 0 bridgehead atoms. The van der Waals surface area contributed by atoms with Gasteiger partial charge in [0, 0.05) is 45.1 Å². The van der Waals surface area contributed by atoms with Crippen LogP contribution in [0.15, 0.2) is 36.7 Å². The third-order valence-electron chi connectivity index (χ3n) is 5.58. The van der Waals surface area contributed by atoms with Crippen molar-refractivity contribution >= 4 is 17.8 Å². The zero-order valence-corrected chi connectivity index (χ0v) is 18.8. The molecule has 0 N–H and O–H groups in total. The molecule has 2 amide bonds. The number of hydrogen-bond donors (Lipinski definition) is 0. The molecule has 0 aliphatic carbocycles. The standard InChI is InChI=1S/C23H30N4O5/c1-4-31-23(30)18-9-12-27(13-10-18)21(28)15-26(3)22(29)17-5-7-19(8-6-17)32-16-20-24-11-14-25(20)2/h5-8,11,14,18H,4,9-10,12-13,15-16H2,1-3H3. The summed E-state index contributed by atoms with van der Waals surface area (Å²) in [6.45, 7) is 3.45. The van der Waals surface area contributed by atoms with Gasteiger partial charge in [0.1, 0.15) is 18.2 Å². The van der Waals surface area contributed by atoms with Crippen molar-refractivity contribution in [1.29, 1.82) is 0 Å². The van der Waals surface area contributed by atoms with Gasteiger partial charge in [0.2, 0.25) is 5.91 Å². The van der Waals surface area contributed by atoms with Gasteiger partial charge in [-0.15, -0.1) is 0 Å². The second kappa shape index (κ2) is 10.8. The maximum absolute atomic E-state index is 12.7. The number of benzene rings is 1. The number of hydrogen-bond acceptors (Lipinski definition) is 6. The van der Waals surface area contributed by atoms with E-state index in [9.17, 15) is 14.4 Å². The van der Waals surface area contributed by atoms with Crippen molar-refractivity contribution < 1.29 is 23.9 Å². The molecule has 9 nitrogen and oxygen atoms in total. The molecule has 0 atom stereocenters. The summed E-state index contributed by atoms with van der Waals surface area (Å²) in [4.78, 5) is 44.5. The van der Waals surface area contributed by atoms with Crippen LogP contribution in [0.25, 0.3) is 0 Å². The number of likely N-dealkylation sites (tertiary alicyclic amines) is 1. The Morgan fingerprint density at radius 3 is 2.44 bits per heavy atom. The first-order valence-electron chi connectivity index (χ1n) is 10.8. The predicted octanol–water partition coefficient (Wildman–Crippen LogP) is 1.87. The zero-order valence-electron chi connectivity index (χ0n) is 18.8. The van der Waals surface area contributed by atoms with Gasteiger partial charge >= 0.3 is 5.97 Å². The van der Waals surface area contributed by atoms with Gasteiger partial charge in [-0.2, -0.15) is 0 Å². The van der Waals surface area contributed by atoms with E-state index in [4.69, 9.17) is 9.47 Å². The van der Waals surface area contributed by atoms with Gasteiger partial charge in [-0.1, -0.05) is 0 Å². The SMILES string of the molecule is CCOC(=O)C1CCN(C(=O)CN(C)C(=O)c2ccc(OCc3nccn3C)cc2)CC1. The van der Waals surface area contributed by atoms with E-state index in [1.165, 1.54) is 4.90 Å². The normalized spacial score (nSPS) is 14.2. The molecule has 1 aromatic carbocycles. The highest BCUT2D eigenvalue weighted by Crippen LogP contribution is 2.19. The van der Waals surface area contributed by atoms with Gasteiger partial charge in [-0.3, -0.25) is 14.4 Å². The van der Waals surface area contributed by atoms with Crippen molar-refractivity contribution in [3.8, 4) is 5.75 Å². The molecule has 0 radical (unpaired) electrons. The van der Waals surface area contributed by atoms with Gasteiger partial charge in [0.25, 0.3) is 5.91 Å². The van der Waals surface area contributed by atoms with Crippen molar-refractivity contribution in [1.82, 2.24) is 19.4 Å². The molecule has 0 unspecified atom stereocenters. The minimum absolute atomic E-state index is 0.0136. The number of likely N-dealkylation sites (N-methyl/N-ethyl adjacent to an activating group) is 1. The number of carbonyl (C=O) groups is 3. The summed E-state index contributed by atoms with van der Waals surface area (Å²) < 4.78 is 12.6. The molecular formula is C23H30N4O5. The number of aromatic nitrogens is 2. The largest absolute Gasteiger partial charge is 0.486 e. The minimum Gasteiger partial charge on any atom is -0.486 e. The van der Waals surface area contributed by atoms with E-state index in [0.717, 1.165) is 5.82 Å². The molecule has 1 aromatic heterocycles. The van der Waals surface area contributed by atoms with Crippen LogP contribution in [0.4, 0.5) is 0 Å². The van der Waals surface area contributed by atoms with Crippen molar-refractivity contribution in [2.45, 2.75) is 26.4 Å². The second-order valence-electron chi connectivity index (χ2n) is 7.84. The second-order valence-corrected chi connectivity index (χ2v) is 7.84. The smallest absolute Gasteiger partial charge is 0.309 e. The topological polar surface area (TPSA) is 94.0 Å². The molecule has 2 heterocycles. The summed E-state index contributed by atoms with van der Waals surface area (Å²) in [7, 11) is 3.50. The maximum atomic E-state index is 12.7. The fourth-order valence-corrected chi connectivity index (χ4v) is 3.60. The highest BCUT2D eigenvalue weighted by atomic mass is 16.5. The number of piperidine rings is 1. The Balaban J connectivity index is 1.47. The molecule has 1 aliphatic heterocycles. The Hall–Kier alpha value is -3.36. The lowest BCUT2D eigenvalue weighted by Crippen LogP contribution is -2.45. The molecule has 0 saturated carbocycles. The molecule has 2 aromatic rings. The molecule has 9 heteroatoms. The van der Waals surface area contributed by atoms with E-state index in [2.05, 4.69) is 4.98 Å². The molecule has 1 aliphatic rings. The van der Waals surface area contributed by atoms with Gasteiger partial charge < -0.3 is 23.8 Å². The fourth-order valence-electron chi connectivity index (χ4n) is 3.60. The predicted molar refractivity (Wildman–Crippen MR) is 117 cm³/mol. The third kappa shape index (κ3) is 5.87. The van der Waals surface area contributed by atoms with Crippen LogP contribution in [0.3, 0.4) is 0 Å². The van der Waals surface area contributed by atoms with E-state index in [1.54, 1.807) is 49.3 Å². The van der Waals surface area contributed by atoms with E-state index < -0.39 is 0 Å². The van der Waals surface area contributed by atoms with Gasteiger partial charge in [-0.25, -0.2) is 4.98 Å². The number of imidazole rings is 1. The number of nitrogens with zero attached hydrogens (tertiary/aromatic N) is 4. The summed E-state index contributed by atoms with van der Waals surface area (Å²) in [6.07, 6.45) is 4.73. The van der Waals surface area contributed by atoms with Gasteiger partial charge in [-0.05, 0) is 44.0 Å². The van der Waals surface area contributed by atoms with Crippen LogP contribution < -0.4 is 4.74 Å². The number of carbonyl (C=O) groups excluding carboxylic acids is 3. The Kier molecular flexibility index (Phi) is 7.86. The number of ether oxygens (including phenoxy) is 2. The zero-order chi connectivity index (χ0) is 23.1. The maximum Gasteiger partial charge on any atom is 0.309 e. The van der Waals surface area contributed by atoms with E-state index in [0.29, 0.717) is 50.5 Å². The van der Waals surface area contributed by atoms with E-state index in [1.807, 2.05) is 17.8 Å². The summed E-state index contributed by atoms with van der Waals surface area (Å²) in [5.74, 6) is 0.715. The van der Waals surface area contributed by atoms with Crippen LogP contribution in [0.2, 0.25) is 0 Å². The number of aryl methyl sites for hydroxylation is 1. The summed E-state index contributed by atoms with van der Waals surface area (Å²) >= 11 is 0. The molecular weight excluding hydrogens is 412 g/mol. The molecule has 3 rings (SSSR count). The van der Waals surface area contributed by atoms with Crippen LogP contribution in [-0.4, -0.2) is 70.4 Å². The van der Waals surface area contributed by atoms with Crippen molar-refractivity contribution in [2.24, 2.45) is 13.0 Å². The lowest BCUT2D eigenvalue weighted by atomic mass is 9.97. The monoisotopic (exact) mass is 442 g/mol. The Labute approximate surface area is 187 Å². The Morgan fingerprint density at radius 1 is 1.16 bits per heavy atom. The average Bonchev–Trinajstić information content (AvgIpc) is 3.22. The summed E-state index contributed by atoms with van der Waals surface area (Å²) in [5, 5.41) is 0. The first-order valence-corrected chi connectivity index (χ1v) is 10.8. The van der Waals surface area contributed by atoms with E-state index >= 15 is 0 Å². The number of rotatable bonds is 8. The number of esters is 1. The third-order valence-corrected chi connectivity index (χ3v) is 5.58. The molecule has 0 spiro atoms. The number of amides is 2. The highest BCUT2D eigenvalue weighted by molar-refractivity contribution is 5.96. The summed E-state index contributed by atoms with van der Waals surface area (Å²) in [6, 6.07) is 6.82. The molecule has 1 fully saturated rings. The van der Waals surface area contributed by atoms with Crippen LogP contribution in [-0.2, 0) is 28.0 Å². The first kappa shape index (κ1) is 23.3. The first-order chi connectivity index (χ1) is 15.4. The lowest BCUT2D eigenvalue weighted by Gasteiger charge is -2.32. The quantitative estimate of drug-likeness (QED) is 0.580. The molecule has 32 heavy (non-hydrogen) atoms. The van der Waals surface area contributed by atoms with Crippen LogP contribution in [0.5, 0.6) is 5.75 Å². The fraction of sp³-hybridized carbons (Fsp3) is 0.478. The Bertz CT molecular complexity index is 932. The van der Waals surface area contributed by atoms with Gasteiger partial charge in [0.05, 0.1) is 19.1 Å². The minimum atomic E-state index is -0.240. The van der Waals surface area contributed by atoms with Crippen molar-refractivity contribution in [2.75, 3.05) is 33.3 Å². The average molecular weight is 443 g/mol. The molecule has 1 saturated heterocycles. The lowest BCUT2D eigenvalue weighted by molar-refractivity contribution is -0.151. The molecule has 172 valence electrons. The summed E-state index contributed by atoms with van der Waals surface area (Å²) in [5.41, 5.74) is 0.477. The van der Waals surface area contributed by atoms with E-state index in [-0.39, 0.29) is 30.2 Å². The van der Waals surface area contributed by atoms with Crippen LogP contribution in [0.1, 0.15) is 35.9 Å². The highest BCUT2D eigenvalue weighted by Gasteiger charge is 2.29. The van der Waals surface area contributed by atoms with Crippen molar-refractivity contribution in [3.05, 3.63) is 48.0 Å². The Morgan fingerprint density at radius 2 is 1.84 bits per heavy atom. The van der Waals surface area contributed by atoms with Crippen LogP contribution in [0, 0.1) is 5.92 Å². The van der Waals surface area contributed by atoms with Crippen molar-refractivity contribution in [3.63, 3.8) is 0 Å².